The topological polar surface area (TPSA) is 66.8 Å². The number of alkyl halides is 6. The number of benzene rings is 2. The van der Waals surface area contributed by atoms with Crippen LogP contribution < -0.4 is 4.74 Å². The Morgan fingerprint density at radius 2 is 1.57 bits per heavy atom. The molecule has 4 rings (SSSR count). The molecule has 2 aromatic rings. The van der Waals surface area contributed by atoms with Crippen LogP contribution in [0.3, 0.4) is 0 Å². The third-order valence-corrected chi connectivity index (χ3v) is 8.06. The number of likely N-dealkylation sites (tertiary alicyclic amines) is 1. The average Bonchev–Trinajstić information content (AvgIpc) is 3.72. The summed E-state index contributed by atoms with van der Waals surface area (Å²) in [6, 6.07) is 7.33. The lowest BCUT2D eigenvalue weighted by molar-refractivity contribution is -0.143. The number of aliphatic carboxylic acids is 1. The van der Waals surface area contributed by atoms with Crippen molar-refractivity contribution in [3.8, 4) is 5.75 Å². The van der Waals surface area contributed by atoms with Gasteiger partial charge >= 0.3 is 24.3 Å². The third kappa shape index (κ3) is 6.79. The smallest absolute Gasteiger partial charge is 0.416 e. The summed E-state index contributed by atoms with van der Waals surface area (Å²) in [5.41, 5.74) is -1.94. The molecule has 1 aliphatic heterocycles. The van der Waals surface area contributed by atoms with Gasteiger partial charge in [-0.1, -0.05) is 19.1 Å². The van der Waals surface area contributed by atoms with Gasteiger partial charge in [0.2, 0.25) is 0 Å². The van der Waals surface area contributed by atoms with Crippen LogP contribution in [-0.4, -0.2) is 35.0 Å². The molecule has 1 N–H and O–H groups in total. The van der Waals surface area contributed by atoms with Crippen LogP contribution in [0.4, 0.5) is 26.3 Å². The lowest BCUT2D eigenvalue weighted by Crippen LogP contribution is -2.39. The van der Waals surface area contributed by atoms with E-state index in [1.54, 1.807) is 30.0 Å². The van der Waals surface area contributed by atoms with Crippen LogP contribution in [0.25, 0.3) is 0 Å². The summed E-state index contributed by atoms with van der Waals surface area (Å²) in [5.74, 6) is -2.18. The van der Waals surface area contributed by atoms with E-state index in [2.05, 4.69) is 0 Å². The summed E-state index contributed by atoms with van der Waals surface area (Å²) in [6.07, 6.45) is -7.18. The molecule has 0 radical (unpaired) electrons. The average molecular weight is 572 g/mol. The maximum atomic E-state index is 13.6. The number of piperidine rings is 1. The van der Waals surface area contributed by atoms with E-state index in [0.29, 0.717) is 23.9 Å². The Labute approximate surface area is 228 Å². The molecule has 0 aromatic heterocycles. The second-order valence-electron chi connectivity index (χ2n) is 10.8. The molecule has 3 atom stereocenters. The molecule has 1 unspecified atom stereocenters. The molecule has 0 amide bonds. The van der Waals surface area contributed by atoms with E-state index in [1.165, 1.54) is 6.92 Å². The van der Waals surface area contributed by atoms with Gasteiger partial charge in [0.15, 0.2) is 0 Å². The highest BCUT2D eigenvalue weighted by molar-refractivity contribution is 5.75. The van der Waals surface area contributed by atoms with E-state index in [4.69, 9.17) is 4.74 Å². The Morgan fingerprint density at radius 3 is 2.12 bits per heavy atom. The number of hydrogen-bond donors (Lipinski definition) is 1. The second kappa shape index (κ2) is 11.4. The predicted molar refractivity (Wildman–Crippen MR) is 133 cm³/mol. The largest absolute Gasteiger partial charge is 0.481 e. The lowest BCUT2D eigenvalue weighted by Gasteiger charge is -2.36. The molecule has 2 aromatic carbocycles. The minimum atomic E-state index is -4.81. The van der Waals surface area contributed by atoms with Gasteiger partial charge in [0.1, 0.15) is 5.75 Å². The van der Waals surface area contributed by atoms with Gasteiger partial charge in [-0.05, 0) is 99.0 Å². The first-order valence-corrected chi connectivity index (χ1v) is 13.2. The Hall–Kier alpha value is -3.08. The van der Waals surface area contributed by atoms with Crippen molar-refractivity contribution in [1.29, 1.82) is 0 Å². The highest BCUT2D eigenvalue weighted by Gasteiger charge is 2.40. The standard InChI is InChI=1S/C29H31F6NO4/c1-16(26(37)38)25(18-6-7-18)20-4-3-5-22(14-20)40-27(39)19-10-12-36(13-11-19)17(2)23-15-21(28(30,31)32)8-9-24(23)29(33,34)35/h3-5,8-9,14-19,25H,6-7,10-13H2,1-2H3,(H,37,38)/t16-,17?,25-/m0/s1. The van der Waals surface area contributed by atoms with Crippen molar-refractivity contribution < 1.29 is 45.8 Å². The fraction of sp³-hybridized carbons (Fsp3) is 0.517. The summed E-state index contributed by atoms with van der Waals surface area (Å²) in [5, 5.41) is 9.52. The van der Waals surface area contributed by atoms with Gasteiger partial charge in [0.05, 0.1) is 23.0 Å². The van der Waals surface area contributed by atoms with Crippen LogP contribution in [0.15, 0.2) is 42.5 Å². The van der Waals surface area contributed by atoms with E-state index in [-0.39, 0.29) is 37.8 Å². The van der Waals surface area contributed by atoms with E-state index >= 15 is 0 Å². The number of ether oxygens (including phenoxy) is 1. The van der Waals surface area contributed by atoms with Crippen molar-refractivity contribution >= 4 is 11.9 Å². The summed E-state index contributed by atoms with van der Waals surface area (Å²) in [7, 11) is 0. The lowest BCUT2D eigenvalue weighted by atomic mass is 9.83. The van der Waals surface area contributed by atoms with E-state index < -0.39 is 58.9 Å². The minimum Gasteiger partial charge on any atom is -0.481 e. The molecule has 1 aliphatic carbocycles. The minimum absolute atomic E-state index is 0.196. The molecule has 0 spiro atoms. The predicted octanol–water partition coefficient (Wildman–Crippen LogP) is 7.32. The Kier molecular flexibility index (Phi) is 8.54. The first-order valence-electron chi connectivity index (χ1n) is 13.2. The van der Waals surface area contributed by atoms with Gasteiger partial charge in [-0.2, -0.15) is 26.3 Å². The molecule has 0 bridgehead atoms. The van der Waals surface area contributed by atoms with Crippen LogP contribution in [0, 0.1) is 17.8 Å². The Morgan fingerprint density at radius 1 is 0.925 bits per heavy atom. The van der Waals surface area contributed by atoms with Gasteiger partial charge in [-0.3, -0.25) is 14.5 Å². The first kappa shape index (κ1) is 29.9. The van der Waals surface area contributed by atoms with Crippen molar-refractivity contribution in [2.45, 2.75) is 63.8 Å². The summed E-state index contributed by atoms with van der Waals surface area (Å²) >= 11 is 0. The van der Waals surface area contributed by atoms with Gasteiger partial charge in [0.25, 0.3) is 0 Å². The highest BCUT2D eigenvalue weighted by atomic mass is 19.4. The molecular formula is C29H31F6NO4. The zero-order valence-corrected chi connectivity index (χ0v) is 22.1. The summed E-state index contributed by atoms with van der Waals surface area (Å²) in [4.78, 5) is 26.2. The quantitative estimate of drug-likeness (QED) is 0.204. The molecule has 1 saturated heterocycles. The number of carboxylic acids is 1. The third-order valence-electron chi connectivity index (χ3n) is 8.06. The van der Waals surface area contributed by atoms with E-state index in [1.807, 2.05) is 6.07 Å². The molecule has 40 heavy (non-hydrogen) atoms. The molecule has 1 saturated carbocycles. The van der Waals surface area contributed by atoms with Crippen LogP contribution in [0.5, 0.6) is 5.75 Å². The molecule has 2 aliphatic rings. The molecule has 218 valence electrons. The number of nitrogens with zero attached hydrogens (tertiary/aromatic N) is 1. The molecule has 2 fully saturated rings. The zero-order valence-electron chi connectivity index (χ0n) is 22.1. The first-order chi connectivity index (χ1) is 18.7. The molecule has 11 heteroatoms. The van der Waals surface area contributed by atoms with Crippen molar-refractivity contribution in [2.24, 2.45) is 17.8 Å². The normalized spacial score (nSPS) is 19.6. The summed E-state index contributed by atoms with van der Waals surface area (Å²) in [6.45, 7) is 3.50. The fourth-order valence-corrected chi connectivity index (χ4v) is 5.62. The van der Waals surface area contributed by atoms with E-state index in [9.17, 15) is 41.0 Å². The summed E-state index contributed by atoms with van der Waals surface area (Å²) < 4.78 is 86.1. The SMILES string of the molecule is CC(c1cc(C(F)(F)F)ccc1C(F)(F)F)N1CCC(C(=O)Oc2cccc([C@H](C3CC3)[C@H](C)C(=O)O)c2)CC1. The maximum Gasteiger partial charge on any atom is 0.416 e. The zero-order chi connectivity index (χ0) is 29.4. The molecular weight excluding hydrogens is 540 g/mol. The number of carbonyl (C=O) groups is 2. The van der Waals surface area contributed by atoms with Gasteiger partial charge < -0.3 is 9.84 Å². The highest BCUT2D eigenvalue weighted by Crippen LogP contribution is 2.47. The van der Waals surface area contributed by atoms with Crippen LogP contribution in [0.2, 0.25) is 0 Å². The van der Waals surface area contributed by atoms with Crippen molar-refractivity contribution in [3.63, 3.8) is 0 Å². The van der Waals surface area contributed by atoms with Crippen LogP contribution in [0.1, 0.15) is 73.7 Å². The monoisotopic (exact) mass is 571 g/mol. The van der Waals surface area contributed by atoms with Crippen molar-refractivity contribution in [3.05, 3.63) is 64.7 Å². The number of hydrogen-bond acceptors (Lipinski definition) is 4. The number of carbonyl (C=O) groups excluding carboxylic acids is 1. The van der Waals surface area contributed by atoms with Gasteiger partial charge in [-0.15, -0.1) is 0 Å². The second-order valence-corrected chi connectivity index (χ2v) is 10.8. The van der Waals surface area contributed by atoms with Crippen molar-refractivity contribution in [2.75, 3.05) is 13.1 Å². The number of halogens is 6. The van der Waals surface area contributed by atoms with E-state index in [0.717, 1.165) is 18.4 Å². The Bertz CT molecular complexity index is 1230. The van der Waals surface area contributed by atoms with Crippen LogP contribution >= 0.6 is 0 Å². The van der Waals surface area contributed by atoms with Crippen LogP contribution in [-0.2, 0) is 21.9 Å². The molecule has 5 nitrogen and oxygen atoms in total. The number of esters is 1. The maximum absolute atomic E-state index is 13.6. The van der Waals surface area contributed by atoms with Gasteiger partial charge in [0, 0.05) is 6.04 Å². The molecule has 1 heterocycles. The number of carboxylic acid groups (broad SMARTS) is 1. The van der Waals surface area contributed by atoms with Crippen molar-refractivity contribution in [1.82, 2.24) is 4.90 Å². The number of rotatable bonds is 8. The fourth-order valence-electron chi connectivity index (χ4n) is 5.62. The van der Waals surface area contributed by atoms with Gasteiger partial charge in [-0.25, -0.2) is 0 Å². The Balaban J connectivity index is 1.42.